The third-order valence-electron chi connectivity index (χ3n) is 2.01. The summed E-state index contributed by atoms with van der Waals surface area (Å²) in [7, 11) is 2.17. The molecule has 0 aliphatic rings. The van der Waals surface area contributed by atoms with Gasteiger partial charge in [-0.2, -0.15) is 15.0 Å². The number of aromatic nitrogens is 4. The first-order valence-electron chi connectivity index (χ1n) is 4.69. The van der Waals surface area contributed by atoms with E-state index in [1.165, 1.54) is 0 Å². The Morgan fingerprint density at radius 2 is 2.20 bits per heavy atom. The molecule has 0 N–H and O–H groups in total. The molecule has 2 rings (SSSR count). The highest BCUT2D eigenvalue weighted by Crippen LogP contribution is 2.06. The maximum atomic E-state index is 10.7. The van der Waals surface area contributed by atoms with Crippen LogP contribution < -0.4 is 0 Å². The van der Waals surface area contributed by atoms with E-state index in [0.29, 0.717) is 13.0 Å². The molecular formula is C9H11N4OP. The van der Waals surface area contributed by atoms with Gasteiger partial charge in [0.15, 0.2) is 0 Å². The van der Waals surface area contributed by atoms with Crippen molar-refractivity contribution >= 4 is 25.8 Å². The lowest BCUT2D eigenvalue weighted by Crippen LogP contribution is -2.03. The maximum absolute atomic E-state index is 10.7. The Hall–Kier alpha value is -1.35. The Balaban J connectivity index is 2.05. The number of carbonyl (C=O) groups excluding carboxylic acids is 1. The monoisotopic (exact) mass is 222 g/mol. The van der Waals surface area contributed by atoms with E-state index in [1.807, 2.05) is 6.07 Å². The lowest BCUT2D eigenvalue weighted by Gasteiger charge is -1.96. The van der Waals surface area contributed by atoms with Gasteiger partial charge < -0.3 is 0 Å². The maximum Gasteiger partial charge on any atom is 0.148 e. The van der Waals surface area contributed by atoms with E-state index >= 15 is 0 Å². The lowest BCUT2D eigenvalue weighted by molar-refractivity contribution is -0.111. The number of hydrogen-bond acceptors (Lipinski definition) is 4. The first-order valence-corrected chi connectivity index (χ1v) is 5.26. The molecule has 6 heteroatoms. The Kier molecular flexibility index (Phi) is 3.02. The van der Waals surface area contributed by atoms with E-state index in [9.17, 15) is 4.79 Å². The van der Waals surface area contributed by atoms with Crippen LogP contribution in [0.5, 0.6) is 0 Å². The molecule has 0 amide bonds. The van der Waals surface area contributed by atoms with Gasteiger partial charge in [-0.1, -0.05) is 9.24 Å². The van der Waals surface area contributed by atoms with Crippen LogP contribution in [0.3, 0.4) is 0 Å². The molecule has 0 bridgehead atoms. The molecule has 5 nitrogen and oxygen atoms in total. The molecular weight excluding hydrogens is 211 g/mol. The second-order valence-electron chi connectivity index (χ2n) is 3.23. The predicted octanol–water partition coefficient (Wildman–Crippen LogP) is 1.01. The molecule has 0 spiro atoms. The number of hydrogen-bond donors (Lipinski definition) is 0. The molecule has 1 atom stereocenters. The van der Waals surface area contributed by atoms with E-state index in [1.54, 1.807) is 17.2 Å². The molecule has 1 unspecified atom stereocenters. The fraction of sp³-hybridized carbons (Fsp3) is 0.333. The molecule has 2 aromatic rings. The van der Waals surface area contributed by atoms with Gasteiger partial charge in [-0.05, 0) is 12.5 Å². The van der Waals surface area contributed by atoms with Crippen molar-refractivity contribution in [2.45, 2.75) is 19.4 Å². The first-order chi connectivity index (χ1) is 7.25. The number of nitrogens with zero attached hydrogens (tertiary/aromatic N) is 4. The van der Waals surface area contributed by atoms with Gasteiger partial charge in [0.1, 0.15) is 16.6 Å². The fourth-order valence-electron chi connectivity index (χ4n) is 1.31. The van der Waals surface area contributed by atoms with Crippen molar-refractivity contribution in [2.75, 3.05) is 0 Å². The van der Waals surface area contributed by atoms with Crippen LogP contribution in [-0.4, -0.2) is 25.5 Å². The van der Waals surface area contributed by atoms with Gasteiger partial charge in [-0.15, -0.1) is 0 Å². The summed E-state index contributed by atoms with van der Waals surface area (Å²) < 4.78 is 0. The highest BCUT2D eigenvalue weighted by atomic mass is 31.0. The van der Waals surface area contributed by atoms with E-state index < -0.39 is 0 Å². The SMILES string of the molecule is O=C(P)CCCn1nc2ccncc2n1. The second-order valence-corrected chi connectivity index (χ2v) is 3.87. The van der Waals surface area contributed by atoms with Gasteiger partial charge in [-0.3, -0.25) is 9.78 Å². The topological polar surface area (TPSA) is 60.7 Å². The minimum Gasteiger partial charge on any atom is -0.295 e. The van der Waals surface area contributed by atoms with Crippen molar-refractivity contribution in [3.05, 3.63) is 18.5 Å². The summed E-state index contributed by atoms with van der Waals surface area (Å²) >= 11 is 0. The van der Waals surface area contributed by atoms with Crippen LogP contribution in [0.4, 0.5) is 0 Å². The predicted molar refractivity (Wildman–Crippen MR) is 59.3 cm³/mol. The zero-order chi connectivity index (χ0) is 10.7. The van der Waals surface area contributed by atoms with Gasteiger partial charge in [-0.25, -0.2) is 0 Å². The van der Waals surface area contributed by atoms with Crippen molar-refractivity contribution < 1.29 is 4.79 Å². The van der Waals surface area contributed by atoms with Gasteiger partial charge in [0, 0.05) is 12.6 Å². The molecule has 2 aromatic heterocycles. The zero-order valence-electron chi connectivity index (χ0n) is 8.13. The van der Waals surface area contributed by atoms with Crippen LogP contribution >= 0.6 is 9.24 Å². The molecule has 78 valence electrons. The minimum atomic E-state index is 0.119. The van der Waals surface area contributed by atoms with Crippen molar-refractivity contribution in [2.24, 2.45) is 0 Å². The molecule has 0 saturated heterocycles. The Bertz CT molecular complexity index is 449. The largest absolute Gasteiger partial charge is 0.295 e. The number of pyridine rings is 1. The Morgan fingerprint density at radius 1 is 1.40 bits per heavy atom. The average Bonchev–Trinajstić information content (AvgIpc) is 2.59. The van der Waals surface area contributed by atoms with Crippen LogP contribution in [0.1, 0.15) is 12.8 Å². The van der Waals surface area contributed by atoms with Crippen molar-refractivity contribution in [3.8, 4) is 0 Å². The lowest BCUT2D eigenvalue weighted by atomic mass is 10.3. The van der Waals surface area contributed by atoms with Crippen molar-refractivity contribution in [3.63, 3.8) is 0 Å². The van der Waals surface area contributed by atoms with Crippen LogP contribution in [-0.2, 0) is 11.3 Å². The molecule has 0 radical (unpaired) electrons. The van der Waals surface area contributed by atoms with Gasteiger partial charge in [0.25, 0.3) is 0 Å². The van der Waals surface area contributed by atoms with Gasteiger partial charge in [0.05, 0.1) is 12.7 Å². The molecule has 0 aliphatic heterocycles. The minimum absolute atomic E-state index is 0.119. The van der Waals surface area contributed by atoms with E-state index in [-0.39, 0.29) is 5.52 Å². The number of fused-ring (bicyclic) bond motifs is 1. The third kappa shape index (κ3) is 2.57. The molecule has 0 aromatic carbocycles. The van der Waals surface area contributed by atoms with Crippen LogP contribution in [0.2, 0.25) is 0 Å². The summed E-state index contributed by atoms with van der Waals surface area (Å²) in [4.78, 5) is 16.3. The smallest absolute Gasteiger partial charge is 0.148 e. The summed E-state index contributed by atoms with van der Waals surface area (Å²) in [6.45, 7) is 0.662. The van der Waals surface area contributed by atoms with E-state index in [0.717, 1.165) is 17.5 Å². The number of rotatable bonds is 4. The summed E-state index contributed by atoms with van der Waals surface area (Å²) in [6.07, 6.45) is 4.67. The molecule has 0 aliphatic carbocycles. The highest BCUT2D eigenvalue weighted by Gasteiger charge is 2.01. The van der Waals surface area contributed by atoms with Gasteiger partial charge in [0.2, 0.25) is 0 Å². The summed E-state index contributed by atoms with van der Waals surface area (Å²) in [5.74, 6) is 0. The molecule has 0 fully saturated rings. The van der Waals surface area contributed by atoms with Gasteiger partial charge >= 0.3 is 0 Å². The molecule has 15 heavy (non-hydrogen) atoms. The van der Waals surface area contributed by atoms with Crippen molar-refractivity contribution in [1.82, 2.24) is 20.0 Å². The second kappa shape index (κ2) is 4.45. The molecule has 0 saturated carbocycles. The van der Waals surface area contributed by atoms with E-state index in [2.05, 4.69) is 24.4 Å². The standard InChI is InChI=1S/C9H11N4OP/c14-9(15)2-1-5-13-11-7-3-4-10-6-8(7)12-13/h3-4,6H,1-2,5,15H2. The van der Waals surface area contributed by atoms with Crippen LogP contribution in [0.25, 0.3) is 11.0 Å². The highest BCUT2D eigenvalue weighted by molar-refractivity contribution is 7.40. The normalized spacial score (nSPS) is 10.7. The third-order valence-corrected chi connectivity index (χ3v) is 2.29. The fourth-order valence-corrected chi connectivity index (χ4v) is 1.51. The first kappa shape index (κ1) is 10.2. The summed E-state index contributed by atoms with van der Waals surface area (Å²) in [5, 5.41) is 8.49. The number of aryl methyl sites for hydroxylation is 1. The summed E-state index contributed by atoms with van der Waals surface area (Å²) in [5.41, 5.74) is 1.74. The molecule has 2 heterocycles. The number of carbonyl (C=O) groups is 1. The van der Waals surface area contributed by atoms with Crippen LogP contribution in [0, 0.1) is 0 Å². The quantitative estimate of drug-likeness (QED) is 0.724. The Labute approximate surface area is 89.1 Å². The average molecular weight is 222 g/mol. The van der Waals surface area contributed by atoms with E-state index in [4.69, 9.17) is 0 Å². The Morgan fingerprint density at radius 3 is 2.93 bits per heavy atom. The summed E-state index contributed by atoms with van der Waals surface area (Å²) in [6, 6.07) is 1.82. The van der Waals surface area contributed by atoms with Crippen LogP contribution in [0.15, 0.2) is 18.5 Å². The van der Waals surface area contributed by atoms with Crippen molar-refractivity contribution in [1.29, 1.82) is 0 Å². The zero-order valence-corrected chi connectivity index (χ0v) is 9.28.